The van der Waals surface area contributed by atoms with Crippen molar-refractivity contribution < 1.29 is 5.11 Å². The molecule has 1 rings (SSSR count). The molecule has 0 saturated carbocycles. The summed E-state index contributed by atoms with van der Waals surface area (Å²) in [5.74, 6) is 0.502. The number of phenols is 1. The van der Waals surface area contributed by atoms with Crippen LogP contribution in [0.3, 0.4) is 0 Å². The van der Waals surface area contributed by atoms with E-state index in [1.165, 1.54) is 62.5 Å². The number of unbranched alkanes of at least 4 members (excludes halogenated alkanes) is 3. The minimum atomic E-state index is 0.437. The SMILES string of the molecule is CCC(C)(C)CCCCc1cccc(O)c1CCCCCC(C)(C)C. The van der Waals surface area contributed by atoms with Crippen molar-refractivity contribution in [1.82, 2.24) is 0 Å². The molecule has 0 spiro atoms. The first-order valence-corrected chi connectivity index (χ1v) is 10.4. The molecular formula is C24H42O. The van der Waals surface area contributed by atoms with E-state index in [1.807, 2.05) is 12.1 Å². The van der Waals surface area contributed by atoms with Gasteiger partial charge in [0.25, 0.3) is 0 Å². The Kier molecular flexibility index (Phi) is 9.03. The summed E-state index contributed by atoms with van der Waals surface area (Å²) in [4.78, 5) is 0. The van der Waals surface area contributed by atoms with Crippen LogP contribution in [0.2, 0.25) is 0 Å². The molecule has 1 aromatic carbocycles. The Morgan fingerprint density at radius 1 is 0.800 bits per heavy atom. The molecule has 1 heteroatoms. The molecule has 0 aliphatic rings. The van der Waals surface area contributed by atoms with Gasteiger partial charge < -0.3 is 5.11 Å². The van der Waals surface area contributed by atoms with Crippen molar-refractivity contribution in [3.05, 3.63) is 29.3 Å². The number of rotatable bonds is 11. The fourth-order valence-electron chi connectivity index (χ4n) is 3.37. The molecule has 0 fully saturated rings. The summed E-state index contributed by atoms with van der Waals surface area (Å²) in [7, 11) is 0. The predicted octanol–water partition coefficient (Wildman–Crippen LogP) is 7.69. The van der Waals surface area contributed by atoms with Crippen LogP contribution in [0, 0.1) is 10.8 Å². The lowest BCUT2D eigenvalue weighted by Gasteiger charge is -2.22. The fourth-order valence-corrected chi connectivity index (χ4v) is 3.37. The quantitative estimate of drug-likeness (QED) is 0.407. The summed E-state index contributed by atoms with van der Waals surface area (Å²) in [6.45, 7) is 14.0. The molecule has 0 bridgehead atoms. The molecule has 0 unspecified atom stereocenters. The van der Waals surface area contributed by atoms with Gasteiger partial charge in [-0.1, -0.05) is 79.4 Å². The summed E-state index contributed by atoms with van der Waals surface area (Å²) >= 11 is 0. The van der Waals surface area contributed by atoms with Crippen molar-refractivity contribution >= 4 is 0 Å². The minimum absolute atomic E-state index is 0.437. The summed E-state index contributed by atoms with van der Waals surface area (Å²) < 4.78 is 0. The zero-order valence-corrected chi connectivity index (χ0v) is 17.8. The molecule has 0 atom stereocenters. The largest absolute Gasteiger partial charge is 0.508 e. The van der Waals surface area contributed by atoms with E-state index in [0.717, 1.165) is 12.8 Å². The summed E-state index contributed by atoms with van der Waals surface area (Å²) in [5, 5.41) is 10.3. The van der Waals surface area contributed by atoms with Crippen LogP contribution in [0.1, 0.15) is 104 Å². The number of hydrogen-bond donors (Lipinski definition) is 1. The van der Waals surface area contributed by atoms with Crippen LogP contribution in [0.4, 0.5) is 0 Å². The van der Waals surface area contributed by atoms with E-state index in [0.29, 0.717) is 16.6 Å². The molecule has 0 radical (unpaired) electrons. The van der Waals surface area contributed by atoms with Crippen LogP contribution in [-0.2, 0) is 12.8 Å². The summed E-state index contributed by atoms with van der Waals surface area (Å²) in [6.07, 6.45) is 12.2. The Balaban J connectivity index is 2.46. The standard InChI is InChI=1S/C24H42O/c1-7-24(5,6)19-12-10-14-20-15-13-17-22(25)21(20)16-9-8-11-18-23(2,3)4/h13,15,17,25H,7-12,14,16,18-19H2,1-6H3. The van der Waals surface area contributed by atoms with Gasteiger partial charge >= 0.3 is 0 Å². The molecule has 1 aromatic rings. The average molecular weight is 347 g/mol. The third-order valence-electron chi connectivity index (χ3n) is 5.61. The Bertz CT molecular complexity index is 493. The summed E-state index contributed by atoms with van der Waals surface area (Å²) in [6, 6.07) is 6.08. The molecular weight excluding hydrogens is 304 g/mol. The second kappa shape index (κ2) is 10.2. The maximum absolute atomic E-state index is 10.3. The van der Waals surface area contributed by atoms with Crippen molar-refractivity contribution in [2.24, 2.45) is 10.8 Å². The molecule has 0 heterocycles. The minimum Gasteiger partial charge on any atom is -0.508 e. The van der Waals surface area contributed by atoms with Gasteiger partial charge in [0, 0.05) is 0 Å². The first-order chi connectivity index (χ1) is 11.6. The fraction of sp³-hybridized carbons (Fsp3) is 0.750. The number of phenolic OH excluding ortho intramolecular Hbond substituents is 1. The normalized spacial score (nSPS) is 12.6. The Morgan fingerprint density at radius 3 is 2.08 bits per heavy atom. The topological polar surface area (TPSA) is 20.2 Å². The van der Waals surface area contributed by atoms with E-state index < -0.39 is 0 Å². The lowest BCUT2D eigenvalue weighted by atomic mass is 9.84. The summed E-state index contributed by atoms with van der Waals surface area (Å²) in [5.41, 5.74) is 3.47. The highest BCUT2D eigenvalue weighted by atomic mass is 16.3. The maximum Gasteiger partial charge on any atom is 0.119 e. The molecule has 1 nitrogen and oxygen atoms in total. The van der Waals surface area contributed by atoms with E-state index in [9.17, 15) is 5.11 Å². The Labute approximate surface area is 157 Å². The number of benzene rings is 1. The van der Waals surface area contributed by atoms with Gasteiger partial charge in [-0.3, -0.25) is 0 Å². The molecule has 0 aliphatic heterocycles. The number of aryl methyl sites for hydroxylation is 1. The average Bonchev–Trinajstić information content (AvgIpc) is 2.52. The number of aromatic hydroxyl groups is 1. The first-order valence-electron chi connectivity index (χ1n) is 10.4. The van der Waals surface area contributed by atoms with Crippen LogP contribution in [-0.4, -0.2) is 5.11 Å². The van der Waals surface area contributed by atoms with Crippen LogP contribution in [0.25, 0.3) is 0 Å². The van der Waals surface area contributed by atoms with Gasteiger partial charge in [0.05, 0.1) is 0 Å². The lowest BCUT2D eigenvalue weighted by molar-refractivity contribution is 0.309. The molecule has 25 heavy (non-hydrogen) atoms. The van der Waals surface area contributed by atoms with E-state index in [2.05, 4.69) is 47.6 Å². The van der Waals surface area contributed by atoms with Gasteiger partial charge in [0.2, 0.25) is 0 Å². The van der Waals surface area contributed by atoms with Gasteiger partial charge in [0.1, 0.15) is 5.75 Å². The van der Waals surface area contributed by atoms with Crippen LogP contribution in [0.5, 0.6) is 5.75 Å². The number of hydrogen-bond acceptors (Lipinski definition) is 1. The second-order valence-electron chi connectivity index (χ2n) is 9.76. The first kappa shape index (κ1) is 22.1. The molecule has 0 saturated heterocycles. The van der Waals surface area contributed by atoms with Gasteiger partial charge in [-0.15, -0.1) is 0 Å². The van der Waals surface area contributed by atoms with Crippen molar-refractivity contribution in [3.8, 4) is 5.75 Å². The van der Waals surface area contributed by atoms with E-state index in [-0.39, 0.29) is 0 Å². The Morgan fingerprint density at radius 2 is 1.44 bits per heavy atom. The third kappa shape index (κ3) is 9.33. The lowest BCUT2D eigenvalue weighted by Crippen LogP contribution is -2.09. The van der Waals surface area contributed by atoms with E-state index in [4.69, 9.17) is 0 Å². The predicted molar refractivity (Wildman–Crippen MR) is 111 cm³/mol. The van der Waals surface area contributed by atoms with E-state index >= 15 is 0 Å². The smallest absolute Gasteiger partial charge is 0.119 e. The molecule has 1 N–H and O–H groups in total. The Hall–Kier alpha value is -0.980. The zero-order valence-electron chi connectivity index (χ0n) is 17.8. The van der Waals surface area contributed by atoms with Crippen LogP contribution >= 0.6 is 0 Å². The van der Waals surface area contributed by atoms with Crippen molar-refractivity contribution in [3.63, 3.8) is 0 Å². The van der Waals surface area contributed by atoms with Crippen molar-refractivity contribution in [2.45, 2.75) is 106 Å². The van der Waals surface area contributed by atoms with Crippen molar-refractivity contribution in [1.29, 1.82) is 0 Å². The van der Waals surface area contributed by atoms with Gasteiger partial charge in [-0.25, -0.2) is 0 Å². The molecule has 0 amide bonds. The second-order valence-corrected chi connectivity index (χ2v) is 9.76. The molecule has 0 aromatic heterocycles. The van der Waals surface area contributed by atoms with Crippen molar-refractivity contribution in [2.75, 3.05) is 0 Å². The maximum atomic E-state index is 10.3. The highest BCUT2D eigenvalue weighted by Crippen LogP contribution is 2.29. The van der Waals surface area contributed by atoms with Gasteiger partial charge in [0.15, 0.2) is 0 Å². The monoisotopic (exact) mass is 346 g/mol. The molecule has 144 valence electrons. The van der Waals surface area contributed by atoms with E-state index in [1.54, 1.807) is 0 Å². The highest BCUT2D eigenvalue weighted by Gasteiger charge is 2.15. The van der Waals surface area contributed by atoms with Crippen LogP contribution in [0.15, 0.2) is 18.2 Å². The zero-order chi connectivity index (χ0) is 18.9. The van der Waals surface area contributed by atoms with Gasteiger partial charge in [-0.2, -0.15) is 0 Å². The third-order valence-corrected chi connectivity index (χ3v) is 5.61. The van der Waals surface area contributed by atoms with Gasteiger partial charge in [-0.05, 0) is 66.5 Å². The highest BCUT2D eigenvalue weighted by molar-refractivity contribution is 5.39. The van der Waals surface area contributed by atoms with Crippen LogP contribution < -0.4 is 0 Å². The molecule has 0 aliphatic carbocycles.